The molecule has 0 saturated carbocycles. The third-order valence-electron chi connectivity index (χ3n) is 4.93. The van der Waals surface area contributed by atoms with Gasteiger partial charge in [0.2, 0.25) is 0 Å². The fourth-order valence-electron chi connectivity index (χ4n) is 3.57. The van der Waals surface area contributed by atoms with E-state index < -0.39 is 6.10 Å². The number of aliphatic hydroxyl groups is 1. The lowest BCUT2D eigenvalue weighted by Crippen LogP contribution is -2.31. The van der Waals surface area contributed by atoms with Gasteiger partial charge in [0.15, 0.2) is 0 Å². The van der Waals surface area contributed by atoms with Crippen LogP contribution in [-0.4, -0.2) is 16.6 Å². The molecular weight excluding hydrogens is 308 g/mol. The average molecular weight is 330 g/mol. The predicted octanol–water partition coefficient (Wildman–Crippen LogP) is 4.03. The smallest absolute Gasteiger partial charge is 0.131 e. The van der Waals surface area contributed by atoms with E-state index in [9.17, 15) is 5.11 Å². The Morgan fingerprint density at radius 1 is 0.960 bits per heavy atom. The van der Waals surface area contributed by atoms with E-state index in [-0.39, 0.29) is 0 Å². The van der Waals surface area contributed by atoms with Gasteiger partial charge in [-0.15, -0.1) is 0 Å². The molecule has 1 aliphatic heterocycles. The molecule has 0 saturated heterocycles. The summed E-state index contributed by atoms with van der Waals surface area (Å²) in [7, 11) is 0. The maximum Gasteiger partial charge on any atom is 0.131 e. The Labute approximate surface area is 148 Å². The number of fused-ring (bicyclic) bond motifs is 1. The third-order valence-corrected chi connectivity index (χ3v) is 4.93. The molecule has 0 amide bonds. The molecule has 1 atom stereocenters. The van der Waals surface area contributed by atoms with Gasteiger partial charge in [-0.2, -0.15) is 0 Å². The number of aromatic nitrogens is 1. The predicted molar refractivity (Wildman–Crippen MR) is 101 cm³/mol. The van der Waals surface area contributed by atoms with E-state index in [1.54, 1.807) is 6.20 Å². The van der Waals surface area contributed by atoms with Crippen molar-refractivity contribution in [3.05, 3.63) is 94.7 Å². The zero-order valence-electron chi connectivity index (χ0n) is 14.4. The van der Waals surface area contributed by atoms with Gasteiger partial charge in [0.1, 0.15) is 11.9 Å². The summed E-state index contributed by atoms with van der Waals surface area (Å²) in [5, 5.41) is 10.6. The average Bonchev–Trinajstić information content (AvgIpc) is 2.67. The molecule has 3 nitrogen and oxygen atoms in total. The highest BCUT2D eigenvalue weighted by atomic mass is 16.3. The first-order valence-corrected chi connectivity index (χ1v) is 8.73. The van der Waals surface area contributed by atoms with E-state index in [1.807, 2.05) is 30.3 Å². The Bertz CT molecular complexity index is 876. The molecule has 0 spiro atoms. The van der Waals surface area contributed by atoms with E-state index in [0.717, 1.165) is 42.0 Å². The molecule has 1 aromatic heterocycles. The van der Waals surface area contributed by atoms with E-state index in [0.29, 0.717) is 0 Å². The van der Waals surface area contributed by atoms with Gasteiger partial charge in [-0.05, 0) is 41.7 Å². The number of nitrogens with zero attached hydrogens (tertiary/aromatic N) is 2. The van der Waals surface area contributed by atoms with Crippen LogP contribution in [0.5, 0.6) is 0 Å². The second kappa shape index (κ2) is 6.69. The van der Waals surface area contributed by atoms with Crippen molar-refractivity contribution in [3.63, 3.8) is 0 Å². The molecule has 2 aromatic carbocycles. The summed E-state index contributed by atoms with van der Waals surface area (Å²) in [6, 6.07) is 20.4. The SMILES string of the molecule is Cc1cc(C(O)c2ccccc2)cnc1N1CCc2ccccc2C1. The van der Waals surface area contributed by atoms with Crippen molar-refractivity contribution in [3.8, 4) is 0 Å². The van der Waals surface area contributed by atoms with Gasteiger partial charge in [-0.3, -0.25) is 0 Å². The summed E-state index contributed by atoms with van der Waals surface area (Å²) >= 11 is 0. The number of pyridine rings is 1. The van der Waals surface area contributed by atoms with Crippen molar-refractivity contribution in [2.24, 2.45) is 0 Å². The van der Waals surface area contributed by atoms with Crippen molar-refractivity contribution in [2.75, 3.05) is 11.4 Å². The van der Waals surface area contributed by atoms with Crippen LogP contribution >= 0.6 is 0 Å². The summed E-state index contributed by atoms with van der Waals surface area (Å²) in [6.07, 6.45) is 2.22. The van der Waals surface area contributed by atoms with Crippen LogP contribution < -0.4 is 4.90 Å². The zero-order chi connectivity index (χ0) is 17.2. The molecule has 0 aliphatic carbocycles. The monoisotopic (exact) mass is 330 g/mol. The summed E-state index contributed by atoms with van der Waals surface area (Å²) < 4.78 is 0. The van der Waals surface area contributed by atoms with Crippen LogP contribution in [0.25, 0.3) is 0 Å². The first-order chi connectivity index (χ1) is 12.2. The topological polar surface area (TPSA) is 36.4 Å². The molecule has 0 bridgehead atoms. The Morgan fingerprint density at radius 3 is 2.44 bits per heavy atom. The van der Waals surface area contributed by atoms with Gasteiger partial charge in [0.25, 0.3) is 0 Å². The molecule has 126 valence electrons. The van der Waals surface area contributed by atoms with Crippen LogP contribution in [0.1, 0.15) is 33.9 Å². The van der Waals surface area contributed by atoms with Crippen molar-refractivity contribution >= 4 is 5.82 Å². The fraction of sp³-hybridized carbons (Fsp3) is 0.227. The second-order valence-corrected chi connectivity index (χ2v) is 6.66. The first kappa shape index (κ1) is 15.9. The van der Waals surface area contributed by atoms with E-state index >= 15 is 0 Å². The van der Waals surface area contributed by atoms with Gasteiger partial charge in [-0.25, -0.2) is 4.98 Å². The van der Waals surface area contributed by atoms with Gasteiger partial charge in [0.05, 0.1) is 0 Å². The third kappa shape index (κ3) is 3.15. The maximum atomic E-state index is 10.6. The maximum absolute atomic E-state index is 10.6. The number of anilines is 1. The second-order valence-electron chi connectivity index (χ2n) is 6.66. The quantitative estimate of drug-likeness (QED) is 0.787. The minimum Gasteiger partial charge on any atom is -0.384 e. The minimum atomic E-state index is -0.636. The van der Waals surface area contributed by atoms with Gasteiger partial charge >= 0.3 is 0 Å². The number of rotatable bonds is 3. The lowest BCUT2D eigenvalue weighted by atomic mass is 9.99. The highest BCUT2D eigenvalue weighted by Crippen LogP contribution is 2.28. The molecule has 4 rings (SSSR count). The largest absolute Gasteiger partial charge is 0.384 e. The summed E-state index contributed by atoms with van der Waals surface area (Å²) in [5.41, 5.74) is 5.65. The molecule has 0 radical (unpaired) electrons. The molecule has 1 aliphatic rings. The molecule has 2 heterocycles. The van der Waals surface area contributed by atoms with Crippen molar-refractivity contribution in [1.82, 2.24) is 4.98 Å². The normalized spacial score (nSPS) is 14.9. The molecule has 0 fully saturated rings. The van der Waals surface area contributed by atoms with Crippen LogP contribution in [0.15, 0.2) is 66.9 Å². The van der Waals surface area contributed by atoms with Crippen LogP contribution in [-0.2, 0) is 13.0 Å². The van der Waals surface area contributed by atoms with E-state index in [1.165, 1.54) is 11.1 Å². The number of benzene rings is 2. The Balaban J connectivity index is 1.59. The first-order valence-electron chi connectivity index (χ1n) is 8.73. The number of aryl methyl sites for hydroxylation is 1. The summed E-state index contributed by atoms with van der Waals surface area (Å²) in [4.78, 5) is 7.02. The number of hydrogen-bond donors (Lipinski definition) is 1. The van der Waals surface area contributed by atoms with Gasteiger partial charge in [-0.1, -0.05) is 54.6 Å². The fourth-order valence-corrected chi connectivity index (χ4v) is 3.57. The van der Waals surface area contributed by atoms with Crippen molar-refractivity contribution in [1.29, 1.82) is 0 Å². The van der Waals surface area contributed by atoms with Crippen LogP contribution in [0.3, 0.4) is 0 Å². The number of aliphatic hydroxyl groups excluding tert-OH is 1. The van der Waals surface area contributed by atoms with Crippen molar-refractivity contribution in [2.45, 2.75) is 26.0 Å². The van der Waals surface area contributed by atoms with E-state index in [2.05, 4.69) is 47.1 Å². The van der Waals surface area contributed by atoms with Crippen LogP contribution in [0.4, 0.5) is 5.82 Å². The highest BCUT2D eigenvalue weighted by molar-refractivity contribution is 5.51. The minimum absolute atomic E-state index is 0.636. The molecule has 3 aromatic rings. The van der Waals surface area contributed by atoms with Gasteiger partial charge < -0.3 is 10.0 Å². The van der Waals surface area contributed by atoms with Crippen LogP contribution in [0.2, 0.25) is 0 Å². The molecule has 25 heavy (non-hydrogen) atoms. The Kier molecular flexibility index (Phi) is 4.24. The van der Waals surface area contributed by atoms with Crippen LogP contribution in [0, 0.1) is 6.92 Å². The molecule has 1 N–H and O–H groups in total. The zero-order valence-corrected chi connectivity index (χ0v) is 14.4. The molecule has 3 heteroatoms. The van der Waals surface area contributed by atoms with Crippen molar-refractivity contribution < 1.29 is 5.11 Å². The molecular formula is C22H22N2O. The highest BCUT2D eigenvalue weighted by Gasteiger charge is 2.19. The van der Waals surface area contributed by atoms with Gasteiger partial charge in [0, 0.05) is 24.8 Å². The Morgan fingerprint density at radius 2 is 1.68 bits per heavy atom. The molecule has 1 unspecified atom stereocenters. The Hall–Kier alpha value is -2.65. The summed E-state index contributed by atoms with van der Waals surface area (Å²) in [5.74, 6) is 1.01. The number of hydrogen-bond acceptors (Lipinski definition) is 3. The lowest BCUT2D eigenvalue weighted by molar-refractivity contribution is 0.220. The lowest BCUT2D eigenvalue weighted by Gasteiger charge is -2.31. The standard InChI is InChI=1S/C22H22N2O/c1-16-13-20(21(25)18-8-3-2-4-9-18)14-23-22(16)24-12-11-17-7-5-6-10-19(17)15-24/h2-10,13-14,21,25H,11-12,15H2,1H3. The summed E-state index contributed by atoms with van der Waals surface area (Å²) in [6.45, 7) is 3.94. The van der Waals surface area contributed by atoms with E-state index in [4.69, 9.17) is 0 Å².